The number of amides is 2. The molecule has 0 aromatic heterocycles. The van der Waals surface area contributed by atoms with Crippen molar-refractivity contribution in [1.29, 1.82) is 0 Å². The molecule has 2 saturated heterocycles. The van der Waals surface area contributed by atoms with E-state index in [9.17, 15) is 19.5 Å². The van der Waals surface area contributed by atoms with E-state index < -0.39 is 18.1 Å². The first-order valence-electron chi connectivity index (χ1n) is 8.75. The second kappa shape index (κ2) is 8.22. The summed E-state index contributed by atoms with van der Waals surface area (Å²) in [7, 11) is 0. The zero-order valence-electron chi connectivity index (χ0n) is 14.8. The van der Waals surface area contributed by atoms with Crippen LogP contribution in [0.4, 0.5) is 0 Å². The van der Waals surface area contributed by atoms with Crippen LogP contribution in [0.15, 0.2) is 35.2 Å². The fourth-order valence-electron chi connectivity index (χ4n) is 3.32. The quantitative estimate of drug-likeness (QED) is 0.614. The molecule has 2 aliphatic rings. The largest absolute Gasteiger partial charge is 0.480 e. The Kier molecular flexibility index (Phi) is 5.96. The van der Waals surface area contributed by atoms with Gasteiger partial charge < -0.3 is 10.0 Å². The molecule has 0 spiro atoms. The zero-order valence-corrected chi connectivity index (χ0v) is 16.5. The van der Waals surface area contributed by atoms with Crippen LogP contribution >= 0.6 is 24.0 Å². The molecule has 0 bridgehead atoms. The van der Waals surface area contributed by atoms with Crippen molar-refractivity contribution in [3.05, 3.63) is 40.8 Å². The second-order valence-corrected chi connectivity index (χ2v) is 8.20. The molecule has 1 aromatic carbocycles. The van der Waals surface area contributed by atoms with Crippen LogP contribution in [-0.2, 0) is 14.4 Å². The Bertz CT molecular complexity index is 809. The minimum atomic E-state index is -1.01. The van der Waals surface area contributed by atoms with Gasteiger partial charge in [-0.3, -0.25) is 14.5 Å². The summed E-state index contributed by atoms with van der Waals surface area (Å²) in [6, 6.07) is 7.73. The van der Waals surface area contributed by atoms with Gasteiger partial charge in [-0.25, -0.2) is 4.79 Å². The molecule has 2 atom stereocenters. The molecule has 0 radical (unpaired) electrons. The summed E-state index contributed by atoms with van der Waals surface area (Å²) in [5.41, 5.74) is 0.874. The number of carbonyl (C=O) groups is 3. The highest BCUT2D eigenvalue weighted by atomic mass is 32.2. The molecule has 2 aliphatic heterocycles. The van der Waals surface area contributed by atoms with Crippen molar-refractivity contribution in [3.63, 3.8) is 0 Å². The molecular formula is C19H20N2O4S2. The Hall–Kier alpha value is -2.19. The zero-order chi connectivity index (χ0) is 19.6. The van der Waals surface area contributed by atoms with E-state index in [4.69, 9.17) is 12.2 Å². The van der Waals surface area contributed by atoms with E-state index in [1.807, 2.05) is 30.3 Å². The third kappa shape index (κ3) is 4.06. The van der Waals surface area contributed by atoms with Crippen LogP contribution in [0.2, 0.25) is 0 Å². The Morgan fingerprint density at radius 1 is 1.30 bits per heavy atom. The molecule has 2 fully saturated rings. The molecule has 142 valence electrons. The van der Waals surface area contributed by atoms with E-state index in [-0.39, 0.29) is 11.8 Å². The van der Waals surface area contributed by atoms with Gasteiger partial charge in [-0.2, -0.15) is 0 Å². The lowest BCUT2D eigenvalue weighted by atomic mass is 10.0. The van der Waals surface area contributed by atoms with Crippen LogP contribution in [0.5, 0.6) is 0 Å². The lowest BCUT2D eigenvalue weighted by Gasteiger charge is -2.36. The molecule has 3 rings (SSSR count). The Labute approximate surface area is 167 Å². The highest BCUT2D eigenvalue weighted by Gasteiger charge is 2.42. The van der Waals surface area contributed by atoms with Crippen molar-refractivity contribution in [2.45, 2.75) is 38.3 Å². The summed E-state index contributed by atoms with van der Waals surface area (Å²) in [6.45, 7) is 1.99. The number of likely N-dealkylation sites (tertiary alicyclic amines) is 1. The molecule has 8 heteroatoms. The second-order valence-electron chi connectivity index (χ2n) is 6.52. The Morgan fingerprint density at radius 2 is 2.00 bits per heavy atom. The SMILES string of the molecule is C[C@@H](C(=O)N1CCCC[C@@H]1C(=O)O)N1C(=O)/C(=C/c2ccccc2)SC1=S. The molecule has 0 aliphatic carbocycles. The minimum absolute atomic E-state index is 0.312. The monoisotopic (exact) mass is 404 g/mol. The highest BCUT2D eigenvalue weighted by Crippen LogP contribution is 2.34. The topological polar surface area (TPSA) is 77.9 Å². The predicted molar refractivity (Wildman–Crippen MR) is 108 cm³/mol. The van der Waals surface area contributed by atoms with Gasteiger partial charge in [-0.15, -0.1) is 0 Å². The minimum Gasteiger partial charge on any atom is -0.480 e. The lowest BCUT2D eigenvalue weighted by Crippen LogP contribution is -2.55. The Morgan fingerprint density at radius 3 is 2.67 bits per heavy atom. The molecular weight excluding hydrogens is 384 g/mol. The van der Waals surface area contributed by atoms with Gasteiger partial charge in [0.15, 0.2) is 0 Å². The first-order valence-corrected chi connectivity index (χ1v) is 9.98. The van der Waals surface area contributed by atoms with Crippen molar-refractivity contribution in [3.8, 4) is 0 Å². The van der Waals surface area contributed by atoms with Gasteiger partial charge in [0.1, 0.15) is 16.4 Å². The van der Waals surface area contributed by atoms with Crippen molar-refractivity contribution in [2.75, 3.05) is 6.54 Å². The summed E-state index contributed by atoms with van der Waals surface area (Å²) in [6.07, 6.45) is 3.71. The smallest absolute Gasteiger partial charge is 0.326 e. The summed E-state index contributed by atoms with van der Waals surface area (Å²) in [4.78, 5) is 40.4. The number of carboxylic acid groups (broad SMARTS) is 1. The van der Waals surface area contributed by atoms with E-state index in [0.717, 1.165) is 30.2 Å². The third-order valence-electron chi connectivity index (χ3n) is 4.74. The van der Waals surface area contributed by atoms with Crippen molar-refractivity contribution in [1.82, 2.24) is 9.80 Å². The van der Waals surface area contributed by atoms with Crippen LogP contribution in [-0.4, -0.2) is 55.6 Å². The molecule has 2 heterocycles. The maximum absolute atomic E-state index is 12.9. The molecule has 6 nitrogen and oxygen atoms in total. The van der Waals surface area contributed by atoms with Gasteiger partial charge in [0.05, 0.1) is 4.91 Å². The Balaban J connectivity index is 1.79. The van der Waals surface area contributed by atoms with Crippen LogP contribution in [0.3, 0.4) is 0 Å². The molecule has 27 heavy (non-hydrogen) atoms. The maximum atomic E-state index is 12.9. The number of benzene rings is 1. The number of thiocarbonyl (C=S) groups is 1. The van der Waals surface area contributed by atoms with E-state index in [2.05, 4.69) is 0 Å². The molecule has 0 unspecified atom stereocenters. The number of aliphatic carboxylic acids is 1. The number of nitrogens with zero attached hydrogens (tertiary/aromatic N) is 2. The summed E-state index contributed by atoms with van der Waals surface area (Å²) in [5.74, 6) is -1.71. The summed E-state index contributed by atoms with van der Waals surface area (Å²) in [5, 5.41) is 9.40. The normalized spacial score (nSPS) is 23.0. The summed E-state index contributed by atoms with van der Waals surface area (Å²) >= 11 is 6.49. The van der Waals surface area contributed by atoms with Gasteiger partial charge in [0.2, 0.25) is 5.91 Å². The highest BCUT2D eigenvalue weighted by molar-refractivity contribution is 8.26. The number of carbonyl (C=O) groups excluding carboxylic acids is 2. The number of hydrogen-bond acceptors (Lipinski definition) is 5. The van der Waals surface area contributed by atoms with Crippen LogP contribution in [0.1, 0.15) is 31.7 Å². The van der Waals surface area contributed by atoms with Gasteiger partial charge in [0, 0.05) is 6.54 Å². The lowest BCUT2D eigenvalue weighted by molar-refractivity contribution is -0.154. The first kappa shape index (κ1) is 19.6. The van der Waals surface area contributed by atoms with Crippen LogP contribution < -0.4 is 0 Å². The van der Waals surface area contributed by atoms with Crippen molar-refractivity contribution < 1.29 is 19.5 Å². The van der Waals surface area contributed by atoms with Crippen molar-refractivity contribution in [2.24, 2.45) is 0 Å². The molecule has 1 N–H and O–H groups in total. The number of hydrogen-bond donors (Lipinski definition) is 1. The molecule has 0 saturated carbocycles. The number of rotatable bonds is 4. The first-order chi connectivity index (χ1) is 12.9. The van der Waals surface area contributed by atoms with E-state index in [0.29, 0.717) is 22.2 Å². The fraction of sp³-hybridized carbons (Fsp3) is 0.368. The average Bonchev–Trinajstić information content (AvgIpc) is 2.94. The van der Waals surface area contributed by atoms with Crippen LogP contribution in [0, 0.1) is 0 Å². The predicted octanol–water partition coefficient (Wildman–Crippen LogP) is 2.74. The molecule has 2 amide bonds. The van der Waals surface area contributed by atoms with Gasteiger partial charge >= 0.3 is 5.97 Å². The van der Waals surface area contributed by atoms with Gasteiger partial charge in [-0.1, -0.05) is 54.3 Å². The third-order valence-corrected chi connectivity index (χ3v) is 6.07. The van der Waals surface area contributed by atoms with Gasteiger partial charge in [0.25, 0.3) is 5.91 Å². The fourth-order valence-corrected chi connectivity index (χ4v) is 4.74. The van der Waals surface area contributed by atoms with E-state index >= 15 is 0 Å². The van der Waals surface area contributed by atoms with Crippen LogP contribution in [0.25, 0.3) is 6.08 Å². The number of piperidine rings is 1. The molecule has 1 aromatic rings. The summed E-state index contributed by atoms with van der Waals surface area (Å²) < 4.78 is 0.312. The van der Waals surface area contributed by atoms with Gasteiger partial charge in [-0.05, 0) is 37.8 Å². The maximum Gasteiger partial charge on any atom is 0.326 e. The number of carboxylic acids is 1. The van der Waals surface area contributed by atoms with E-state index in [1.54, 1.807) is 13.0 Å². The van der Waals surface area contributed by atoms with E-state index in [1.165, 1.54) is 9.80 Å². The average molecular weight is 405 g/mol. The number of thioether (sulfide) groups is 1. The standard InChI is InChI=1S/C19H20N2O4S2/c1-12(16(22)20-10-6-5-9-14(20)18(24)25)21-17(23)15(27-19(21)26)11-13-7-3-2-4-8-13/h2-4,7-8,11-12,14H,5-6,9-10H2,1H3,(H,24,25)/b15-11-/t12-,14+/m0/s1. The van der Waals surface area contributed by atoms with Crippen molar-refractivity contribution >= 4 is 52.2 Å².